The number of carbonyl (C=O) groups is 1. The Morgan fingerprint density at radius 2 is 2.33 bits per heavy atom. The predicted molar refractivity (Wildman–Crippen MR) is 72.3 cm³/mol. The van der Waals surface area contributed by atoms with Crippen LogP contribution in [0.15, 0.2) is 22.7 Å². The Balaban J connectivity index is 2.38. The van der Waals surface area contributed by atoms with Gasteiger partial charge in [0.1, 0.15) is 5.75 Å². The van der Waals surface area contributed by atoms with Gasteiger partial charge in [0.05, 0.1) is 17.7 Å². The topological polar surface area (TPSA) is 62.1 Å². The van der Waals surface area contributed by atoms with Crippen LogP contribution in [-0.4, -0.2) is 19.6 Å². The summed E-state index contributed by atoms with van der Waals surface area (Å²) >= 11 is 3.41. The van der Waals surface area contributed by atoms with E-state index in [-0.39, 0.29) is 18.7 Å². The molecular weight excluding hydrogens is 296 g/mol. The van der Waals surface area contributed by atoms with Crippen LogP contribution >= 0.6 is 15.9 Å². The number of hydrogen-bond acceptors (Lipinski definition) is 3. The predicted octanol–water partition coefficient (Wildman–Crippen LogP) is 2.42. The summed E-state index contributed by atoms with van der Waals surface area (Å²) in [5.41, 5.74) is 1.11. The third kappa shape index (κ3) is 4.76. The highest BCUT2D eigenvalue weighted by molar-refractivity contribution is 9.10. The first-order valence-corrected chi connectivity index (χ1v) is 6.42. The number of nitriles is 1. The lowest BCUT2D eigenvalue weighted by molar-refractivity contribution is -0.120. The molecular formula is C13H15BrN2O2. The van der Waals surface area contributed by atoms with Gasteiger partial charge in [-0.1, -0.05) is 6.07 Å². The van der Waals surface area contributed by atoms with E-state index < -0.39 is 0 Å². The highest BCUT2D eigenvalue weighted by atomic mass is 79.9. The maximum atomic E-state index is 11.3. The van der Waals surface area contributed by atoms with Crippen molar-refractivity contribution in [2.24, 2.45) is 0 Å². The molecule has 0 aromatic heterocycles. The summed E-state index contributed by atoms with van der Waals surface area (Å²) in [5.74, 6) is 0.709. The van der Waals surface area contributed by atoms with E-state index in [9.17, 15) is 4.79 Å². The van der Waals surface area contributed by atoms with Crippen LogP contribution in [-0.2, 0) is 11.2 Å². The number of rotatable bonds is 6. The molecule has 0 spiro atoms. The molecule has 1 amide bonds. The van der Waals surface area contributed by atoms with Gasteiger partial charge in [0, 0.05) is 19.4 Å². The highest BCUT2D eigenvalue weighted by Crippen LogP contribution is 2.25. The molecule has 0 fully saturated rings. The minimum atomic E-state index is -0.0795. The van der Waals surface area contributed by atoms with E-state index in [0.29, 0.717) is 6.54 Å². The van der Waals surface area contributed by atoms with Crippen LogP contribution in [0.5, 0.6) is 5.75 Å². The van der Waals surface area contributed by atoms with Gasteiger partial charge >= 0.3 is 0 Å². The lowest BCUT2D eigenvalue weighted by atomic mass is 10.1. The number of nitrogens with one attached hydrogen (secondary N) is 1. The van der Waals surface area contributed by atoms with Gasteiger partial charge in [-0.15, -0.1) is 0 Å². The van der Waals surface area contributed by atoms with Crippen molar-refractivity contribution in [3.8, 4) is 11.8 Å². The first-order chi connectivity index (χ1) is 8.67. The second kappa shape index (κ2) is 7.72. The van der Waals surface area contributed by atoms with E-state index in [4.69, 9.17) is 10.00 Å². The van der Waals surface area contributed by atoms with Crippen molar-refractivity contribution in [3.63, 3.8) is 0 Å². The van der Waals surface area contributed by atoms with Crippen molar-refractivity contribution in [2.45, 2.75) is 19.3 Å². The second-order valence-electron chi connectivity index (χ2n) is 3.73. The van der Waals surface area contributed by atoms with Crippen molar-refractivity contribution < 1.29 is 9.53 Å². The molecule has 18 heavy (non-hydrogen) atoms. The number of halogens is 1. The first kappa shape index (κ1) is 14.5. The average molecular weight is 311 g/mol. The molecule has 0 saturated heterocycles. The molecule has 0 bridgehead atoms. The van der Waals surface area contributed by atoms with E-state index >= 15 is 0 Å². The van der Waals surface area contributed by atoms with Crippen LogP contribution < -0.4 is 10.1 Å². The fraction of sp³-hybridized carbons (Fsp3) is 0.385. The number of benzene rings is 1. The normalized spacial score (nSPS) is 9.61. The molecule has 1 aromatic carbocycles. The Morgan fingerprint density at radius 1 is 1.56 bits per heavy atom. The lowest BCUT2D eigenvalue weighted by Gasteiger charge is -2.07. The highest BCUT2D eigenvalue weighted by Gasteiger charge is 2.03. The van der Waals surface area contributed by atoms with Gasteiger partial charge in [0.15, 0.2) is 0 Å². The molecule has 5 heteroatoms. The van der Waals surface area contributed by atoms with E-state index in [1.807, 2.05) is 24.3 Å². The molecule has 1 N–H and O–H groups in total. The number of methoxy groups -OCH3 is 1. The average Bonchev–Trinajstić information content (AvgIpc) is 2.36. The quantitative estimate of drug-likeness (QED) is 0.877. The molecule has 1 aromatic rings. The standard InChI is InChI=1S/C13H15BrN2O2/c1-18-12-5-4-10(9-11(12)14)6-8-16-13(17)3-2-7-15/h4-5,9H,2-3,6,8H2,1H3,(H,16,17). The molecule has 1 rings (SSSR count). The minimum absolute atomic E-state index is 0.0795. The van der Waals surface area contributed by atoms with Gasteiger partial charge in [-0.05, 0) is 40.0 Å². The fourth-order valence-electron chi connectivity index (χ4n) is 1.47. The zero-order valence-corrected chi connectivity index (χ0v) is 11.8. The summed E-state index contributed by atoms with van der Waals surface area (Å²) in [6.07, 6.45) is 1.28. The number of carbonyl (C=O) groups excluding carboxylic acids is 1. The Bertz CT molecular complexity index is 455. The first-order valence-electron chi connectivity index (χ1n) is 5.63. The molecule has 0 heterocycles. The third-order valence-corrected chi connectivity index (χ3v) is 3.04. The molecule has 0 aliphatic rings. The van der Waals surface area contributed by atoms with Crippen molar-refractivity contribution >= 4 is 21.8 Å². The molecule has 0 saturated carbocycles. The monoisotopic (exact) mass is 310 g/mol. The summed E-state index contributed by atoms with van der Waals surface area (Å²) in [6, 6.07) is 7.77. The van der Waals surface area contributed by atoms with E-state index in [0.717, 1.165) is 22.2 Å². The van der Waals surface area contributed by atoms with Crippen molar-refractivity contribution in [1.29, 1.82) is 5.26 Å². The number of amides is 1. The molecule has 0 aliphatic heterocycles. The second-order valence-corrected chi connectivity index (χ2v) is 4.58. The largest absolute Gasteiger partial charge is 0.496 e. The lowest BCUT2D eigenvalue weighted by Crippen LogP contribution is -2.25. The van der Waals surface area contributed by atoms with Gasteiger partial charge in [-0.25, -0.2) is 0 Å². The zero-order valence-electron chi connectivity index (χ0n) is 10.2. The number of hydrogen-bond donors (Lipinski definition) is 1. The minimum Gasteiger partial charge on any atom is -0.496 e. The molecule has 0 atom stereocenters. The van der Waals surface area contributed by atoms with Crippen molar-refractivity contribution in [3.05, 3.63) is 28.2 Å². The molecule has 0 aliphatic carbocycles. The van der Waals surface area contributed by atoms with Gasteiger partial charge < -0.3 is 10.1 Å². The maximum absolute atomic E-state index is 11.3. The Morgan fingerprint density at radius 3 is 2.94 bits per heavy atom. The van der Waals surface area contributed by atoms with Gasteiger partial charge in [-0.3, -0.25) is 4.79 Å². The molecule has 0 radical (unpaired) electrons. The summed E-state index contributed by atoms with van der Waals surface area (Å²) in [4.78, 5) is 11.3. The van der Waals surface area contributed by atoms with Crippen LogP contribution in [0.1, 0.15) is 18.4 Å². The summed E-state index contributed by atoms with van der Waals surface area (Å²) in [7, 11) is 1.62. The zero-order chi connectivity index (χ0) is 13.4. The van der Waals surface area contributed by atoms with E-state index in [2.05, 4.69) is 21.2 Å². The third-order valence-electron chi connectivity index (χ3n) is 2.42. The fourth-order valence-corrected chi connectivity index (χ4v) is 2.06. The van der Waals surface area contributed by atoms with E-state index in [1.165, 1.54) is 0 Å². The van der Waals surface area contributed by atoms with Crippen LogP contribution in [0.25, 0.3) is 0 Å². The van der Waals surface area contributed by atoms with Crippen LogP contribution in [0.2, 0.25) is 0 Å². The molecule has 4 nitrogen and oxygen atoms in total. The summed E-state index contributed by atoms with van der Waals surface area (Å²) < 4.78 is 6.04. The summed E-state index contributed by atoms with van der Waals surface area (Å²) in [6.45, 7) is 0.572. The Hall–Kier alpha value is -1.54. The summed E-state index contributed by atoms with van der Waals surface area (Å²) in [5, 5.41) is 11.1. The van der Waals surface area contributed by atoms with Gasteiger partial charge in [0.25, 0.3) is 0 Å². The molecule has 96 valence electrons. The Labute approximate surface area is 115 Å². The smallest absolute Gasteiger partial charge is 0.221 e. The van der Waals surface area contributed by atoms with Crippen LogP contribution in [0, 0.1) is 11.3 Å². The van der Waals surface area contributed by atoms with Crippen LogP contribution in [0.3, 0.4) is 0 Å². The van der Waals surface area contributed by atoms with E-state index in [1.54, 1.807) is 7.11 Å². The molecule has 0 unspecified atom stereocenters. The maximum Gasteiger partial charge on any atom is 0.221 e. The van der Waals surface area contributed by atoms with Crippen LogP contribution in [0.4, 0.5) is 0 Å². The van der Waals surface area contributed by atoms with Gasteiger partial charge in [0.2, 0.25) is 5.91 Å². The Kier molecular flexibility index (Phi) is 6.23. The van der Waals surface area contributed by atoms with Gasteiger partial charge in [-0.2, -0.15) is 5.26 Å². The number of nitrogens with zero attached hydrogens (tertiary/aromatic N) is 1. The SMILES string of the molecule is COc1ccc(CCNC(=O)CCC#N)cc1Br. The van der Waals surface area contributed by atoms with Crippen molar-refractivity contribution in [1.82, 2.24) is 5.32 Å². The van der Waals surface area contributed by atoms with Crippen molar-refractivity contribution in [2.75, 3.05) is 13.7 Å². The number of ether oxygens (including phenoxy) is 1.